The Balaban J connectivity index is 1.49. The highest BCUT2D eigenvalue weighted by Gasteiger charge is 2.40. The van der Waals surface area contributed by atoms with E-state index in [0.717, 1.165) is 11.3 Å². The van der Waals surface area contributed by atoms with Crippen LogP contribution >= 0.6 is 0 Å². The number of nitrogens with zero attached hydrogens (tertiary/aromatic N) is 4. The standard InChI is InChI=1S/C16H22N4O4S/c1-12-5-4-6-14(9-12)23-8-7-15-17-16(24-18-15)13-10-20(11-13)25(21,22)19(2)3/h4-6,9,13H,7-8,10-11H2,1-3H3. The Labute approximate surface area is 147 Å². The van der Waals surface area contributed by atoms with Gasteiger partial charge in [-0.3, -0.25) is 0 Å². The van der Waals surface area contributed by atoms with Gasteiger partial charge in [-0.05, 0) is 24.6 Å². The molecule has 0 saturated carbocycles. The molecule has 1 aliphatic heterocycles. The first-order valence-electron chi connectivity index (χ1n) is 8.06. The lowest BCUT2D eigenvalue weighted by atomic mass is 10.0. The van der Waals surface area contributed by atoms with Crippen molar-refractivity contribution >= 4 is 10.2 Å². The third kappa shape index (κ3) is 4.00. The molecule has 0 spiro atoms. The lowest BCUT2D eigenvalue weighted by molar-refractivity contribution is 0.207. The van der Waals surface area contributed by atoms with Gasteiger partial charge in [0.1, 0.15) is 5.75 Å². The summed E-state index contributed by atoms with van der Waals surface area (Å²) < 4.78 is 37.5. The topological polar surface area (TPSA) is 88.8 Å². The Morgan fingerprint density at radius 3 is 2.80 bits per heavy atom. The number of hydrogen-bond acceptors (Lipinski definition) is 6. The molecule has 3 rings (SSSR count). The Hall–Kier alpha value is -1.97. The van der Waals surface area contributed by atoms with Crippen LogP contribution in [0.5, 0.6) is 5.75 Å². The first kappa shape index (κ1) is 17.8. The summed E-state index contributed by atoms with van der Waals surface area (Å²) >= 11 is 0. The van der Waals surface area contributed by atoms with E-state index < -0.39 is 10.2 Å². The van der Waals surface area contributed by atoms with E-state index in [1.807, 2.05) is 31.2 Å². The van der Waals surface area contributed by atoms with Gasteiger partial charge in [0.25, 0.3) is 10.2 Å². The van der Waals surface area contributed by atoms with Gasteiger partial charge in [-0.1, -0.05) is 17.3 Å². The molecule has 0 N–H and O–H groups in total. The molecule has 1 aromatic heterocycles. The van der Waals surface area contributed by atoms with Gasteiger partial charge >= 0.3 is 0 Å². The van der Waals surface area contributed by atoms with Gasteiger partial charge in [0.05, 0.1) is 12.5 Å². The number of ether oxygens (including phenoxy) is 1. The summed E-state index contributed by atoms with van der Waals surface area (Å²) in [6.45, 7) is 3.19. The number of aromatic nitrogens is 2. The third-order valence-electron chi connectivity index (χ3n) is 4.05. The Morgan fingerprint density at radius 2 is 2.12 bits per heavy atom. The molecule has 9 heteroatoms. The van der Waals surface area contributed by atoms with E-state index in [1.54, 1.807) is 0 Å². The molecule has 2 heterocycles. The second kappa shape index (κ2) is 7.11. The fraction of sp³-hybridized carbons (Fsp3) is 0.500. The normalized spacial score (nSPS) is 16.2. The van der Waals surface area contributed by atoms with Crippen molar-refractivity contribution in [3.63, 3.8) is 0 Å². The van der Waals surface area contributed by atoms with Crippen LogP contribution in [-0.2, 0) is 16.6 Å². The fourth-order valence-electron chi connectivity index (χ4n) is 2.51. The summed E-state index contributed by atoms with van der Waals surface area (Å²) in [6, 6.07) is 7.83. The highest BCUT2D eigenvalue weighted by Crippen LogP contribution is 2.28. The van der Waals surface area contributed by atoms with E-state index in [9.17, 15) is 8.42 Å². The van der Waals surface area contributed by atoms with E-state index in [1.165, 1.54) is 22.7 Å². The molecule has 0 atom stereocenters. The van der Waals surface area contributed by atoms with E-state index in [-0.39, 0.29) is 5.92 Å². The van der Waals surface area contributed by atoms with Crippen molar-refractivity contribution in [3.8, 4) is 5.75 Å². The summed E-state index contributed by atoms with van der Waals surface area (Å²) in [4.78, 5) is 4.35. The highest BCUT2D eigenvalue weighted by atomic mass is 32.2. The Kier molecular flexibility index (Phi) is 5.07. The molecule has 0 aliphatic carbocycles. The van der Waals surface area contributed by atoms with Crippen LogP contribution in [0.25, 0.3) is 0 Å². The minimum atomic E-state index is -3.37. The minimum absolute atomic E-state index is 0.0475. The zero-order valence-corrected chi connectivity index (χ0v) is 15.4. The van der Waals surface area contributed by atoms with Crippen molar-refractivity contribution in [2.45, 2.75) is 19.3 Å². The van der Waals surface area contributed by atoms with Crippen molar-refractivity contribution in [2.75, 3.05) is 33.8 Å². The van der Waals surface area contributed by atoms with Crippen LogP contribution in [0.2, 0.25) is 0 Å². The molecular formula is C16H22N4O4S. The largest absolute Gasteiger partial charge is 0.493 e. The van der Waals surface area contributed by atoms with Crippen molar-refractivity contribution in [2.24, 2.45) is 0 Å². The Bertz CT molecular complexity index is 828. The fourth-order valence-corrected chi connectivity index (χ4v) is 3.71. The SMILES string of the molecule is Cc1cccc(OCCc2noc(C3CN(S(=O)(=O)N(C)C)C3)n2)c1. The highest BCUT2D eigenvalue weighted by molar-refractivity contribution is 7.86. The maximum Gasteiger partial charge on any atom is 0.281 e. The number of benzene rings is 1. The Morgan fingerprint density at radius 1 is 1.36 bits per heavy atom. The van der Waals surface area contributed by atoms with Crippen LogP contribution in [0.3, 0.4) is 0 Å². The van der Waals surface area contributed by atoms with Gasteiger partial charge in [0.2, 0.25) is 5.89 Å². The van der Waals surface area contributed by atoms with Gasteiger partial charge in [-0.25, -0.2) is 0 Å². The van der Waals surface area contributed by atoms with Crippen molar-refractivity contribution in [1.29, 1.82) is 0 Å². The van der Waals surface area contributed by atoms with Gasteiger partial charge in [0, 0.05) is 33.6 Å². The van der Waals surface area contributed by atoms with Gasteiger partial charge in [-0.2, -0.15) is 22.0 Å². The summed E-state index contributed by atoms with van der Waals surface area (Å²) in [5, 5.41) is 3.95. The molecule has 0 radical (unpaired) electrons. The average molecular weight is 366 g/mol. The van der Waals surface area contributed by atoms with Crippen molar-refractivity contribution in [1.82, 2.24) is 18.8 Å². The molecule has 1 aromatic carbocycles. The van der Waals surface area contributed by atoms with Crippen LogP contribution < -0.4 is 4.74 Å². The summed E-state index contributed by atoms with van der Waals surface area (Å²) in [7, 11) is -0.335. The van der Waals surface area contributed by atoms with Crippen molar-refractivity contribution < 1.29 is 17.7 Å². The zero-order chi connectivity index (χ0) is 18.0. The predicted molar refractivity (Wildman–Crippen MR) is 91.6 cm³/mol. The predicted octanol–water partition coefficient (Wildman–Crippen LogP) is 1.21. The van der Waals surface area contributed by atoms with Gasteiger partial charge in [-0.15, -0.1) is 0 Å². The average Bonchev–Trinajstić information content (AvgIpc) is 2.94. The quantitative estimate of drug-likeness (QED) is 0.732. The van der Waals surface area contributed by atoms with Crippen molar-refractivity contribution in [3.05, 3.63) is 41.5 Å². The zero-order valence-electron chi connectivity index (χ0n) is 14.5. The first-order chi connectivity index (χ1) is 11.9. The maximum absolute atomic E-state index is 12.0. The monoisotopic (exact) mass is 366 g/mol. The van der Waals surface area contributed by atoms with E-state index >= 15 is 0 Å². The molecule has 1 aliphatic rings. The molecule has 8 nitrogen and oxygen atoms in total. The molecule has 1 fully saturated rings. The first-order valence-corrected chi connectivity index (χ1v) is 9.45. The van der Waals surface area contributed by atoms with Crippen LogP contribution in [-0.4, -0.2) is 61.0 Å². The molecule has 0 unspecified atom stereocenters. The van der Waals surface area contributed by atoms with Crippen LogP contribution in [0.4, 0.5) is 0 Å². The van der Waals surface area contributed by atoms with E-state index in [2.05, 4.69) is 10.1 Å². The molecule has 1 saturated heterocycles. The summed E-state index contributed by atoms with van der Waals surface area (Å²) in [5.41, 5.74) is 1.14. The van der Waals surface area contributed by atoms with Crippen LogP contribution in [0.1, 0.15) is 23.2 Å². The summed E-state index contributed by atoms with van der Waals surface area (Å²) in [5.74, 6) is 1.81. The van der Waals surface area contributed by atoms with Crippen LogP contribution in [0, 0.1) is 6.92 Å². The summed E-state index contributed by atoms with van der Waals surface area (Å²) in [6.07, 6.45) is 0.532. The molecular weight excluding hydrogens is 344 g/mol. The molecule has 2 aromatic rings. The maximum atomic E-state index is 12.0. The second-order valence-electron chi connectivity index (χ2n) is 6.27. The van der Waals surface area contributed by atoms with Gasteiger partial charge in [0.15, 0.2) is 5.82 Å². The lowest BCUT2D eigenvalue weighted by Gasteiger charge is -2.37. The number of rotatable bonds is 7. The molecule has 136 valence electrons. The van der Waals surface area contributed by atoms with E-state index in [4.69, 9.17) is 9.26 Å². The van der Waals surface area contributed by atoms with E-state index in [0.29, 0.717) is 37.8 Å². The smallest absolute Gasteiger partial charge is 0.281 e. The van der Waals surface area contributed by atoms with Crippen LogP contribution in [0.15, 0.2) is 28.8 Å². The minimum Gasteiger partial charge on any atom is -0.493 e. The number of aryl methyl sites for hydroxylation is 1. The molecule has 0 amide bonds. The lowest BCUT2D eigenvalue weighted by Crippen LogP contribution is -2.52. The third-order valence-corrected chi connectivity index (χ3v) is 5.93. The second-order valence-corrected chi connectivity index (χ2v) is 8.41. The molecule has 25 heavy (non-hydrogen) atoms. The molecule has 0 bridgehead atoms. The number of hydrogen-bond donors (Lipinski definition) is 0. The van der Waals surface area contributed by atoms with Gasteiger partial charge < -0.3 is 9.26 Å².